The molecule has 0 saturated heterocycles. The normalized spacial score (nSPS) is 14.6. The minimum Gasteiger partial charge on any atom is -0.464 e. The molecule has 31 heavy (non-hydrogen) atoms. The molecule has 0 fully saturated rings. The molecule has 0 saturated carbocycles. The van der Waals surface area contributed by atoms with Crippen molar-refractivity contribution in [2.45, 2.75) is 13.2 Å². The van der Waals surface area contributed by atoms with Gasteiger partial charge in [0.2, 0.25) is 5.82 Å². The zero-order valence-electron chi connectivity index (χ0n) is 15.6. The molecule has 1 heterocycles. The van der Waals surface area contributed by atoms with Gasteiger partial charge in [0.1, 0.15) is 11.3 Å². The topological polar surface area (TPSA) is 50.4 Å². The van der Waals surface area contributed by atoms with Gasteiger partial charge < -0.3 is 15.4 Å². The van der Waals surface area contributed by atoms with E-state index in [1.807, 2.05) is 13.0 Å². The van der Waals surface area contributed by atoms with E-state index in [9.17, 15) is 26.7 Å². The highest BCUT2D eigenvalue weighted by molar-refractivity contribution is 6.31. The van der Waals surface area contributed by atoms with E-state index < -0.39 is 46.8 Å². The maximum atomic E-state index is 13.9. The first-order valence-electron chi connectivity index (χ1n) is 8.83. The number of halogens is 6. The van der Waals surface area contributed by atoms with Crippen LogP contribution in [-0.2, 0) is 0 Å². The lowest BCUT2D eigenvalue weighted by Crippen LogP contribution is -2.19. The summed E-state index contributed by atoms with van der Waals surface area (Å²) in [4.78, 5) is 12.2. The summed E-state index contributed by atoms with van der Waals surface area (Å²) in [7, 11) is 0. The van der Waals surface area contributed by atoms with E-state index in [2.05, 4.69) is 10.6 Å². The molecule has 0 aliphatic carbocycles. The molecular formula is C21H12ClF5N2O2. The number of nitrogens with one attached hydrogen (secondary N) is 2. The minimum absolute atomic E-state index is 0.0412. The Hall–Kier alpha value is -3.33. The van der Waals surface area contributed by atoms with Crippen LogP contribution in [0.3, 0.4) is 0 Å². The maximum absolute atomic E-state index is 13.9. The number of fused-ring (bicyclic) bond motifs is 1. The van der Waals surface area contributed by atoms with Crippen molar-refractivity contribution >= 4 is 28.9 Å². The first-order valence-corrected chi connectivity index (χ1v) is 9.21. The summed E-state index contributed by atoms with van der Waals surface area (Å²) in [5, 5.41) is 5.63. The zero-order chi connectivity index (χ0) is 22.4. The molecular weight excluding hydrogens is 443 g/mol. The lowest BCUT2D eigenvalue weighted by Gasteiger charge is -2.13. The summed E-state index contributed by atoms with van der Waals surface area (Å²) in [6.45, 7) is 1.88. The number of carbonyl (C=O) groups excluding carboxylic acids is 1. The van der Waals surface area contributed by atoms with E-state index in [1.165, 1.54) is 18.2 Å². The molecule has 0 aromatic heterocycles. The molecule has 2 N–H and O–H groups in total. The van der Waals surface area contributed by atoms with Crippen molar-refractivity contribution in [3.8, 4) is 5.75 Å². The van der Waals surface area contributed by atoms with E-state index >= 15 is 0 Å². The molecule has 4 rings (SSSR count). The van der Waals surface area contributed by atoms with Crippen molar-refractivity contribution in [2.24, 2.45) is 0 Å². The van der Waals surface area contributed by atoms with Crippen molar-refractivity contribution in [3.05, 3.63) is 87.2 Å². The van der Waals surface area contributed by atoms with Gasteiger partial charge in [0.15, 0.2) is 29.5 Å². The number of rotatable bonds is 3. The minimum atomic E-state index is -2.34. The predicted octanol–water partition coefficient (Wildman–Crippen LogP) is 6.10. The van der Waals surface area contributed by atoms with Gasteiger partial charge in [0.05, 0.1) is 5.69 Å². The molecule has 4 nitrogen and oxygen atoms in total. The standard InChI is InChI=1S/C21H12ClF5N2O2/c1-8-2-4-10(11(22)6-8)21-29-12-7-9(3-5-13(12)31-21)28-20(30)14-15(23)17(25)19(27)18(26)16(14)24/h2-7,21,29H,1H3,(H,28,30). The number of benzene rings is 3. The van der Waals surface area contributed by atoms with Crippen LogP contribution in [0.25, 0.3) is 0 Å². The lowest BCUT2D eigenvalue weighted by atomic mass is 10.1. The first-order chi connectivity index (χ1) is 14.7. The third kappa shape index (κ3) is 3.65. The van der Waals surface area contributed by atoms with Gasteiger partial charge in [-0.3, -0.25) is 4.79 Å². The van der Waals surface area contributed by atoms with Crippen LogP contribution in [0, 0.1) is 36.0 Å². The number of anilines is 2. The van der Waals surface area contributed by atoms with Crippen LogP contribution in [0.15, 0.2) is 36.4 Å². The summed E-state index contributed by atoms with van der Waals surface area (Å²) >= 11 is 6.25. The second-order valence-electron chi connectivity index (χ2n) is 6.78. The van der Waals surface area contributed by atoms with Gasteiger partial charge >= 0.3 is 0 Å². The summed E-state index contributed by atoms with van der Waals surface area (Å²) in [5.74, 6) is -12.3. The van der Waals surface area contributed by atoms with Crippen molar-refractivity contribution < 1.29 is 31.5 Å². The zero-order valence-corrected chi connectivity index (χ0v) is 16.4. The summed E-state index contributed by atoms with van der Waals surface area (Å²) in [6, 6.07) is 9.61. The number of amides is 1. The Morgan fingerprint density at radius 3 is 2.26 bits per heavy atom. The van der Waals surface area contributed by atoms with Gasteiger partial charge in [0.25, 0.3) is 5.91 Å². The summed E-state index contributed by atoms with van der Waals surface area (Å²) < 4.78 is 73.4. The van der Waals surface area contributed by atoms with E-state index in [0.717, 1.165) is 5.56 Å². The molecule has 1 amide bonds. The van der Waals surface area contributed by atoms with Crippen LogP contribution < -0.4 is 15.4 Å². The predicted molar refractivity (Wildman–Crippen MR) is 104 cm³/mol. The Morgan fingerprint density at radius 1 is 0.968 bits per heavy atom. The molecule has 1 aliphatic rings. The number of aryl methyl sites for hydroxylation is 1. The van der Waals surface area contributed by atoms with E-state index in [-0.39, 0.29) is 5.69 Å². The molecule has 10 heteroatoms. The highest BCUT2D eigenvalue weighted by Gasteiger charge is 2.30. The third-order valence-corrected chi connectivity index (χ3v) is 4.97. The Kier molecular flexibility index (Phi) is 5.22. The summed E-state index contributed by atoms with van der Waals surface area (Å²) in [5.41, 5.74) is 0.513. The van der Waals surface area contributed by atoms with Gasteiger partial charge in [0, 0.05) is 16.3 Å². The van der Waals surface area contributed by atoms with E-state index in [4.69, 9.17) is 16.3 Å². The smallest absolute Gasteiger partial charge is 0.261 e. The Balaban J connectivity index is 1.58. The van der Waals surface area contributed by atoms with Gasteiger partial charge in [-0.05, 0) is 36.8 Å². The van der Waals surface area contributed by atoms with Crippen LogP contribution in [0.2, 0.25) is 5.02 Å². The number of hydrogen-bond acceptors (Lipinski definition) is 3. The highest BCUT2D eigenvalue weighted by atomic mass is 35.5. The molecule has 3 aromatic rings. The third-order valence-electron chi connectivity index (χ3n) is 4.64. The lowest BCUT2D eigenvalue weighted by molar-refractivity contribution is 0.101. The quantitative estimate of drug-likeness (QED) is 0.286. The molecule has 1 atom stereocenters. The molecule has 1 unspecified atom stereocenters. The first kappa shape index (κ1) is 20.9. The van der Waals surface area contributed by atoms with Crippen LogP contribution >= 0.6 is 11.6 Å². The second kappa shape index (κ2) is 7.73. The fourth-order valence-electron chi connectivity index (χ4n) is 3.10. The SMILES string of the molecule is Cc1ccc(C2Nc3cc(NC(=O)c4c(F)c(F)c(F)c(F)c4F)ccc3O2)c(Cl)c1. The summed E-state index contributed by atoms with van der Waals surface area (Å²) in [6.07, 6.45) is -0.621. The van der Waals surface area contributed by atoms with Crippen LogP contribution in [0.5, 0.6) is 5.75 Å². The molecule has 160 valence electrons. The average Bonchev–Trinajstić information content (AvgIpc) is 3.14. The molecule has 0 radical (unpaired) electrons. The van der Waals surface area contributed by atoms with E-state index in [0.29, 0.717) is 22.0 Å². The number of ether oxygens (including phenoxy) is 1. The van der Waals surface area contributed by atoms with Gasteiger partial charge in [-0.2, -0.15) is 0 Å². The second-order valence-corrected chi connectivity index (χ2v) is 7.18. The largest absolute Gasteiger partial charge is 0.464 e. The Morgan fingerprint density at radius 2 is 1.61 bits per heavy atom. The van der Waals surface area contributed by atoms with Crippen molar-refractivity contribution in [1.29, 1.82) is 0 Å². The van der Waals surface area contributed by atoms with Gasteiger partial charge in [-0.25, -0.2) is 22.0 Å². The Bertz CT molecular complexity index is 1210. The molecule has 0 spiro atoms. The highest BCUT2D eigenvalue weighted by Crippen LogP contribution is 2.41. The number of hydrogen-bond donors (Lipinski definition) is 2. The maximum Gasteiger partial charge on any atom is 0.261 e. The number of carbonyl (C=O) groups is 1. The monoisotopic (exact) mass is 454 g/mol. The van der Waals surface area contributed by atoms with Crippen molar-refractivity contribution in [1.82, 2.24) is 0 Å². The Labute approximate surface area is 177 Å². The van der Waals surface area contributed by atoms with Crippen LogP contribution in [0.4, 0.5) is 33.3 Å². The van der Waals surface area contributed by atoms with Crippen molar-refractivity contribution in [3.63, 3.8) is 0 Å². The molecule has 1 aliphatic heterocycles. The molecule has 0 bridgehead atoms. The molecule has 3 aromatic carbocycles. The fraction of sp³-hybridized carbons (Fsp3) is 0.0952. The average molecular weight is 455 g/mol. The fourth-order valence-corrected chi connectivity index (χ4v) is 3.44. The van der Waals surface area contributed by atoms with E-state index in [1.54, 1.807) is 12.1 Å². The van der Waals surface area contributed by atoms with Crippen LogP contribution in [0.1, 0.15) is 27.7 Å². The van der Waals surface area contributed by atoms with Gasteiger partial charge in [-0.15, -0.1) is 0 Å². The van der Waals surface area contributed by atoms with Gasteiger partial charge in [-0.1, -0.05) is 23.7 Å². The van der Waals surface area contributed by atoms with Crippen molar-refractivity contribution in [2.75, 3.05) is 10.6 Å². The van der Waals surface area contributed by atoms with Crippen LogP contribution in [-0.4, -0.2) is 5.91 Å².